The summed E-state index contributed by atoms with van der Waals surface area (Å²) < 4.78 is 19.2. The molecule has 0 amide bonds. The predicted molar refractivity (Wildman–Crippen MR) is 86.9 cm³/mol. The van der Waals surface area contributed by atoms with Gasteiger partial charge in [-0.25, -0.2) is 4.68 Å². The summed E-state index contributed by atoms with van der Waals surface area (Å²) in [5.41, 5.74) is 2.15. The number of aryl methyl sites for hydroxylation is 1. The van der Waals surface area contributed by atoms with Crippen molar-refractivity contribution in [2.45, 2.75) is 38.3 Å². The van der Waals surface area contributed by atoms with Gasteiger partial charge in [0.05, 0.1) is 24.5 Å². The summed E-state index contributed by atoms with van der Waals surface area (Å²) in [6.07, 6.45) is 6.64. The summed E-state index contributed by atoms with van der Waals surface area (Å²) in [5.74, 6) is 1.76. The Hall–Kier alpha value is -2.01. The highest BCUT2D eigenvalue weighted by molar-refractivity contribution is 5.68. The van der Waals surface area contributed by atoms with Crippen LogP contribution in [-0.2, 0) is 11.3 Å². The van der Waals surface area contributed by atoms with Crippen LogP contribution < -0.4 is 9.47 Å². The molecule has 122 valence electrons. The fraction of sp³-hybridized carbons (Fsp3) is 0.500. The van der Waals surface area contributed by atoms with Gasteiger partial charge in [0.2, 0.25) is 5.88 Å². The molecule has 1 aromatic heterocycles. The normalized spacial score (nSPS) is 20.6. The number of nitrogens with zero attached hydrogens (tertiary/aromatic N) is 2. The van der Waals surface area contributed by atoms with Gasteiger partial charge in [-0.3, -0.25) is 0 Å². The first kappa shape index (κ1) is 14.6. The van der Waals surface area contributed by atoms with Gasteiger partial charge in [0.1, 0.15) is 12.4 Å². The van der Waals surface area contributed by atoms with Gasteiger partial charge >= 0.3 is 0 Å². The fourth-order valence-electron chi connectivity index (χ4n) is 3.13. The third-order valence-electron chi connectivity index (χ3n) is 4.42. The monoisotopic (exact) mass is 314 g/mol. The van der Waals surface area contributed by atoms with E-state index in [9.17, 15) is 0 Å². The average molecular weight is 314 g/mol. The second-order valence-corrected chi connectivity index (χ2v) is 6.11. The first-order chi connectivity index (χ1) is 11.4. The molecule has 2 aliphatic heterocycles. The smallest absolute Gasteiger partial charge is 0.219 e. The van der Waals surface area contributed by atoms with E-state index in [0.717, 1.165) is 55.4 Å². The van der Waals surface area contributed by atoms with Gasteiger partial charge in [-0.2, -0.15) is 5.10 Å². The Balaban J connectivity index is 1.42. The molecule has 23 heavy (non-hydrogen) atoms. The Morgan fingerprint density at radius 2 is 2.04 bits per heavy atom. The van der Waals surface area contributed by atoms with Crippen molar-refractivity contribution in [1.82, 2.24) is 9.78 Å². The van der Waals surface area contributed by atoms with Crippen LogP contribution >= 0.6 is 0 Å². The lowest BCUT2D eigenvalue weighted by molar-refractivity contribution is -0.0110. The summed E-state index contributed by atoms with van der Waals surface area (Å²) in [5, 5.41) is 4.40. The lowest BCUT2D eigenvalue weighted by Gasteiger charge is -2.22. The zero-order valence-corrected chi connectivity index (χ0v) is 13.2. The van der Waals surface area contributed by atoms with Crippen molar-refractivity contribution in [3.8, 4) is 22.8 Å². The molecule has 0 aliphatic carbocycles. The molecule has 0 N–H and O–H groups in total. The van der Waals surface area contributed by atoms with Crippen molar-refractivity contribution < 1.29 is 14.2 Å². The van der Waals surface area contributed by atoms with Crippen molar-refractivity contribution >= 4 is 0 Å². The number of hydrogen-bond acceptors (Lipinski definition) is 4. The SMILES string of the molecule is c1cc(-c2cnn3c2OCCC3)ccc1OCC1CCCCO1. The quantitative estimate of drug-likeness (QED) is 0.869. The minimum atomic E-state index is 0.236. The largest absolute Gasteiger partial charge is 0.491 e. The van der Waals surface area contributed by atoms with Crippen LogP contribution in [-0.4, -0.2) is 35.7 Å². The maximum atomic E-state index is 5.85. The molecule has 1 aromatic carbocycles. The van der Waals surface area contributed by atoms with Gasteiger partial charge < -0.3 is 14.2 Å². The predicted octanol–water partition coefficient (Wildman–Crippen LogP) is 3.28. The number of aromatic nitrogens is 2. The van der Waals surface area contributed by atoms with E-state index in [2.05, 4.69) is 17.2 Å². The minimum absolute atomic E-state index is 0.236. The number of ether oxygens (including phenoxy) is 3. The fourth-order valence-corrected chi connectivity index (χ4v) is 3.13. The Labute approximate surface area is 136 Å². The van der Waals surface area contributed by atoms with E-state index in [1.54, 1.807) is 0 Å². The zero-order chi connectivity index (χ0) is 15.5. The van der Waals surface area contributed by atoms with Crippen LogP contribution in [0.5, 0.6) is 11.6 Å². The third-order valence-corrected chi connectivity index (χ3v) is 4.42. The lowest BCUT2D eigenvalue weighted by atomic mass is 10.1. The van der Waals surface area contributed by atoms with E-state index in [0.29, 0.717) is 6.61 Å². The molecule has 0 radical (unpaired) electrons. The van der Waals surface area contributed by atoms with E-state index < -0.39 is 0 Å². The molecule has 1 atom stereocenters. The molecule has 5 heteroatoms. The van der Waals surface area contributed by atoms with Crippen molar-refractivity contribution in [2.75, 3.05) is 19.8 Å². The molecule has 5 nitrogen and oxygen atoms in total. The molecule has 1 saturated heterocycles. The topological polar surface area (TPSA) is 45.5 Å². The molecule has 3 heterocycles. The minimum Gasteiger partial charge on any atom is -0.491 e. The molecule has 2 aliphatic rings. The van der Waals surface area contributed by atoms with E-state index in [-0.39, 0.29) is 6.10 Å². The van der Waals surface area contributed by atoms with Crippen molar-refractivity contribution in [2.24, 2.45) is 0 Å². The van der Waals surface area contributed by atoms with Crippen LogP contribution in [0.1, 0.15) is 25.7 Å². The van der Waals surface area contributed by atoms with Gasteiger partial charge in [0, 0.05) is 19.6 Å². The third kappa shape index (κ3) is 3.20. The van der Waals surface area contributed by atoms with Crippen molar-refractivity contribution in [3.05, 3.63) is 30.5 Å². The second kappa shape index (κ2) is 6.62. The summed E-state index contributed by atoms with van der Waals surface area (Å²) in [6.45, 7) is 3.19. The molecule has 0 bridgehead atoms. The maximum Gasteiger partial charge on any atom is 0.219 e. The van der Waals surface area contributed by atoms with Gasteiger partial charge in [-0.1, -0.05) is 12.1 Å². The first-order valence-corrected chi connectivity index (χ1v) is 8.43. The summed E-state index contributed by atoms with van der Waals surface area (Å²) >= 11 is 0. The van der Waals surface area contributed by atoms with E-state index in [1.807, 2.05) is 23.0 Å². The summed E-state index contributed by atoms with van der Waals surface area (Å²) in [7, 11) is 0. The molecule has 2 aromatic rings. The Kier molecular flexibility index (Phi) is 4.20. The Bertz CT molecular complexity index is 645. The van der Waals surface area contributed by atoms with Gasteiger partial charge in [0.15, 0.2) is 0 Å². The zero-order valence-electron chi connectivity index (χ0n) is 13.2. The Morgan fingerprint density at radius 1 is 1.13 bits per heavy atom. The highest BCUT2D eigenvalue weighted by atomic mass is 16.5. The van der Waals surface area contributed by atoms with Crippen molar-refractivity contribution in [1.29, 1.82) is 0 Å². The van der Waals surface area contributed by atoms with Crippen LogP contribution in [0.15, 0.2) is 30.5 Å². The van der Waals surface area contributed by atoms with Crippen LogP contribution in [0.2, 0.25) is 0 Å². The first-order valence-electron chi connectivity index (χ1n) is 8.43. The average Bonchev–Trinajstić information content (AvgIpc) is 3.05. The van der Waals surface area contributed by atoms with E-state index >= 15 is 0 Å². The molecule has 0 spiro atoms. The molecule has 4 rings (SSSR count). The standard InChI is InChI=1S/C18H22N2O3/c1-2-10-21-16(4-1)13-23-15-7-5-14(6-8-15)17-12-19-20-9-3-11-22-18(17)20/h5-8,12,16H,1-4,9-11,13H2. The highest BCUT2D eigenvalue weighted by Crippen LogP contribution is 2.32. The van der Waals surface area contributed by atoms with Gasteiger partial charge in [-0.05, 0) is 37.0 Å². The van der Waals surface area contributed by atoms with E-state index in [1.165, 1.54) is 12.8 Å². The van der Waals surface area contributed by atoms with Gasteiger partial charge in [-0.15, -0.1) is 0 Å². The summed E-state index contributed by atoms with van der Waals surface area (Å²) in [6, 6.07) is 8.13. The number of benzene rings is 1. The van der Waals surface area contributed by atoms with E-state index in [4.69, 9.17) is 14.2 Å². The van der Waals surface area contributed by atoms with Gasteiger partial charge in [0.25, 0.3) is 0 Å². The van der Waals surface area contributed by atoms with Crippen molar-refractivity contribution in [3.63, 3.8) is 0 Å². The second-order valence-electron chi connectivity index (χ2n) is 6.11. The molecule has 0 saturated carbocycles. The Morgan fingerprint density at radius 3 is 2.87 bits per heavy atom. The molecular formula is C18H22N2O3. The lowest BCUT2D eigenvalue weighted by Crippen LogP contribution is -2.25. The molecular weight excluding hydrogens is 292 g/mol. The number of hydrogen-bond donors (Lipinski definition) is 0. The molecule has 1 unspecified atom stereocenters. The highest BCUT2D eigenvalue weighted by Gasteiger charge is 2.18. The maximum absolute atomic E-state index is 5.85. The summed E-state index contributed by atoms with van der Waals surface area (Å²) in [4.78, 5) is 0. The van der Waals surface area contributed by atoms with Crippen LogP contribution in [0.3, 0.4) is 0 Å². The van der Waals surface area contributed by atoms with Crippen LogP contribution in [0, 0.1) is 0 Å². The molecule has 1 fully saturated rings. The number of rotatable bonds is 4. The van der Waals surface area contributed by atoms with Crippen LogP contribution in [0.4, 0.5) is 0 Å². The van der Waals surface area contributed by atoms with Crippen LogP contribution in [0.25, 0.3) is 11.1 Å². The number of fused-ring (bicyclic) bond motifs is 1.